The molecule has 0 aliphatic carbocycles. The van der Waals surface area contributed by atoms with Crippen LogP contribution in [-0.4, -0.2) is 50.3 Å². The van der Waals surface area contributed by atoms with Crippen molar-refractivity contribution in [3.8, 4) is 0 Å². The number of unbranched alkanes of at least 4 members (excludes halogenated alkanes) is 1. The van der Waals surface area contributed by atoms with Gasteiger partial charge in [0.15, 0.2) is 0 Å². The number of carboxylic acids is 1. The van der Waals surface area contributed by atoms with Gasteiger partial charge in [0.2, 0.25) is 0 Å². The molecular formula is C10H18F3NO4S. The van der Waals surface area contributed by atoms with Crippen LogP contribution >= 0.6 is 0 Å². The number of hydrogen-bond acceptors (Lipinski definition) is 4. The summed E-state index contributed by atoms with van der Waals surface area (Å²) in [5.41, 5.74) is 0. The fraction of sp³-hybridized carbons (Fsp3) is 0.900. The lowest BCUT2D eigenvalue weighted by atomic mass is 10.3. The molecule has 0 saturated heterocycles. The molecule has 0 amide bonds. The molecule has 0 bridgehead atoms. The minimum atomic E-state index is -4.32. The number of sulfone groups is 1. The van der Waals surface area contributed by atoms with Crippen molar-refractivity contribution in [2.75, 3.05) is 24.6 Å². The Morgan fingerprint density at radius 2 is 1.68 bits per heavy atom. The van der Waals surface area contributed by atoms with E-state index in [1.165, 1.54) is 0 Å². The standard InChI is InChI=1S/C10H18F3NO4S/c11-10(12,13)4-3-7-19(17,18)6-2-1-5-14-8-9(15)16/h14H,1-8H2,(H,15,16). The molecule has 19 heavy (non-hydrogen) atoms. The van der Waals surface area contributed by atoms with Crippen LogP contribution in [0.2, 0.25) is 0 Å². The summed E-state index contributed by atoms with van der Waals surface area (Å²) >= 11 is 0. The number of rotatable bonds is 10. The molecule has 0 rings (SSSR count). The molecule has 9 heteroatoms. The van der Waals surface area contributed by atoms with Gasteiger partial charge in [0.1, 0.15) is 9.84 Å². The van der Waals surface area contributed by atoms with Crippen LogP contribution in [0.25, 0.3) is 0 Å². The molecule has 0 aromatic carbocycles. The summed E-state index contributed by atoms with van der Waals surface area (Å²) in [6.45, 7) is 0.169. The van der Waals surface area contributed by atoms with E-state index in [2.05, 4.69) is 5.32 Å². The predicted molar refractivity (Wildman–Crippen MR) is 63.7 cm³/mol. The monoisotopic (exact) mass is 305 g/mol. The van der Waals surface area contributed by atoms with E-state index >= 15 is 0 Å². The minimum absolute atomic E-state index is 0.167. The average molecular weight is 305 g/mol. The molecule has 2 N–H and O–H groups in total. The van der Waals surface area contributed by atoms with Crippen molar-refractivity contribution in [3.63, 3.8) is 0 Å². The van der Waals surface area contributed by atoms with Crippen LogP contribution < -0.4 is 5.32 Å². The first-order valence-electron chi connectivity index (χ1n) is 5.82. The van der Waals surface area contributed by atoms with Gasteiger partial charge in [0.05, 0.1) is 18.1 Å². The maximum atomic E-state index is 11.8. The third-order valence-electron chi connectivity index (χ3n) is 2.25. The predicted octanol–water partition coefficient (Wildman–Crippen LogP) is 1.20. The Balaban J connectivity index is 3.65. The lowest BCUT2D eigenvalue weighted by molar-refractivity contribution is -0.136. The molecule has 0 aromatic heterocycles. The minimum Gasteiger partial charge on any atom is -0.480 e. The summed E-state index contributed by atoms with van der Waals surface area (Å²) in [7, 11) is -3.45. The number of nitrogens with one attached hydrogen (secondary N) is 1. The zero-order valence-corrected chi connectivity index (χ0v) is 11.2. The molecule has 5 nitrogen and oxygen atoms in total. The van der Waals surface area contributed by atoms with Crippen molar-refractivity contribution < 1.29 is 31.5 Å². The first kappa shape index (κ1) is 18.2. The molecule has 0 atom stereocenters. The topological polar surface area (TPSA) is 83.5 Å². The van der Waals surface area contributed by atoms with Crippen molar-refractivity contribution in [1.82, 2.24) is 5.32 Å². The number of halogens is 3. The van der Waals surface area contributed by atoms with Gasteiger partial charge in [-0.1, -0.05) is 0 Å². The van der Waals surface area contributed by atoms with E-state index in [1.54, 1.807) is 0 Å². The smallest absolute Gasteiger partial charge is 0.389 e. The van der Waals surface area contributed by atoms with E-state index in [0.717, 1.165) is 0 Å². The van der Waals surface area contributed by atoms with Gasteiger partial charge in [-0.2, -0.15) is 13.2 Å². The maximum absolute atomic E-state index is 11.8. The molecule has 0 saturated carbocycles. The van der Waals surface area contributed by atoms with Crippen LogP contribution in [0.3, 0.4) is 0 Å². The Morgan fingerprint density at radius 1 is 1.11 bits per heavy atom. The van der Waals surface area contributed by atoms with Crippen LogP contribution in [0.4, 0.5) is 13.2 Å². The van der Waals surface area contributed by atoms with Crippen molar-refractivity contribution in [2.24, 2.45) is 0 Å². The number of hydrogen-bond donors (Lipinski definition) is 2. The highest BCUT2D eigenvalue weighted by Gasteiger charge is 2.27. The van der Waals surface area contributed by atoms with Gasteiger partial charge in [0, 0.05) is 6.42 Å². The fourth-order valence-corrected chi connectivity index (χ4v) is 2.79. The Labute approximate surface area is 110 Å². The third kappa shape index (κ3) is 13.4. The summed E-state index contributed by atoms with van der Waals surface area (Å²) in [6, 6.07) is 0. The normalized spacial score (nSPS) is 12.6. The van der Waals surface area contributed by atoms with E-state index in [4.69, 9.17) is 5.11 Å². The fourth-order valence-electron chi connectivity index (χ4n) is 1.36. The number of aliphatic carboxylic acids is 1. The van der Waals surface area contributed by atoms with Gasteiger partial charge in [-0.25, -0.2) is 8.42 Å². The van der Waals surface area contributed by atoms with Crippen molar-refractivity contribution in [3.05, 3.63) is 0 Å². The average Bonchev–Trinajstić information content (AvgIpc) is 2.20. The Hall–Kier alpha value is -0.830. The van der Waals surface area contributed by atoms with Gasteiger partial charge in [-0.15, -0.1) is 0 Å². The molecule has 0 fully saturated rings. The van der Waals surface area contributed by atoms with E-state index in [-0.39, 0.29) is 12.3 Å². The van der Waals surface area contributed by atoms with Crippen molar-refractivity contribution >= 4 is 15.8 Å². The van der Waals surface area contributed by atoms with Crippen LogP contribution in [0.5, 0.6) is 0 Å². The Morgan fingerprint density at radius 3 is 2.21 bits per heavy atom. The summed E-state index contributed by atoms with van der Waals surface area (Å²) in [5, 5.41) is 10.9. The van der Waals surface area contributed by atoms with Crippen LogP contribution in [0, 0.1) is 0 Å². The van der Waals surface area contributed by atoms with Crippen molar-refractivity contribution in [2.45, 2.75) is 31.9 Å². The Bertz CT molecular complexity index is 367. The first-order chi connectivity index (χ1) is 8.62. The lowest BCUT2D eigenvalue weighted by Gasteiger charge is -2.07. The largest absolute Gasteiger partial charge is 0.480 e. The molecule has 0 heterocycles. The molecule has 114 valence electrons. The highest BCUT2D eigenvalue weighted by atomic mass is 32.2. The van der Waals surface area contributed by atoms with E-state index in [0.29, 0.717) is 19.4 Å². The van der Waals surface area contributed by atoms with Gasteiger partial charge < -0.3 is 10.4 Å². The summed E-state index contributed by atoms with van der Waals surface area (Å²) in [4.78, 5) is 10.1. The van der Waals surface area contributed by atoms with Crippen LogP contribution in [-0.2, 0) is 14.6 Å². The zero-order valence-electron chi connectivity index (χ0n) is 10.4. The quantitative estimate of drug-likeness (QED) is 0.593. The molecule has 0 spiro atoms. The van der Waals surface area contributed by atoms with E-state index in [9.17, 15) is 26.4 Å². The number of carbonyl (C=O) groups is 1. The highest BCUT2D eigenvalue weighted by molar-refractivity contribution is 7.91. The highest BCUT2D eigenvalue weighted by Crippen LogP contribution is 2.21. The molecular weight excluding hydrogens is 287 g/mol. The summed E-state index contributed by atoms with van der Waals surface area (Å²) < 4.78 is 58.3. The summed E-state index contributed by atoms with van der Waals surface area (Å²) in [5.74, 6) is -1.63. The second-order valence-corrected chi connectivity index (χ2v) is 6.45. The molecule has 0 radical (unpaired) electrons. The van der Waals surface area contributed by atoms with E-state index in [1.807, 2.05) is 0 Å². The Kier molecular flexibility index (Phi) is 8.00. The number of carboxylic acid groups (broad SMARTS) is 1. The van der Waals surface area contributed by atoms with Crippen LogP contribution in [0.15, 0.2) is 0 Å². The molecule has 0 aliphatic heterocycles. The second kappa shape index (κ2) is 8.36. The lowest BCUT2D eigenvalue weighted by Crippen LogP contribution is -2.24. The van der Waals surface area contributed by atoms with Crippen LogP contribution in [0.1, 0.15) is 25.7 Å². The summed E-state index contributed by atoms with van der Waals surface area (Å²) in [6.07, 6.45) is -5.06. The third-order valence-corrected chi connectivity index (χ3v) is 4.07. The van der Waals surface area contributed by atoms with Gasteiger partial charge in [-0.3, -0.25) is 4.79 Å². The molecule has 0 unspecified atom stereocenters. The molecule has 0 aliphatic rings. The van der Waals surface area contributed by atoms with Gasteiger partial charge in [0.25, 0.3) is 0 Å². The van der Waals surface area contributed by atoms with Crippen molar-refractivity contribution in [1.29, 1.82) is 0 Å². The maximum Gasteiger partial charge on any atom is 0.389 e. The van der Waals surface area contributed by atoms with Gasteiger partial charge >= 0.3 is 12.1 Å². The van der Waals surface area contributed by atoms with E-state index < -0.39 is 40.6 Å². The SMILES string of the molecule is O=C(O)CNCCCCS(=O)(=O)CCCC(F)(F)F. The van der Waals surface area contributed by atoms with Gasteiger partial charge in [-0.05, 0) is 25.8 Å². The molecule has 0 aromatic rings. The zero-order chi connectivity index (χ0) is 14.9. The number of alkyl halides is 3. The second-order valence-electron chi connectivity index (χ2n) is 4.15. The first-order valence-corrected chi connectivity index (χ1v) is 7.64.